The maximum Gasteiger partial charge on any atom is 0.254 e. The monoisotopic (exact) mass is 257 g/mol. The van der Waals surface area contributed by atoms with Crippen molar-refractivity contribution in [3.63, 3.8) is 0 Å². The standard InChI is InChI=1S/C10H12BrNO2/c1-7-3-4-9(14-6-11)8(5-7)10(13)12-2/h3-5H,6H2,1-2H3,(H,12,13). The molecule has 0 aliphatic rings. The predicted molar refractivity (Wildman–Crippen MR) is 59.0 cm³/mol. The van der Waals surface area contributed by atoms with E-state index in [9.17, 15) is 4.79 Å². The smallest absolute Gasteiger partial charge is 0.254 e. The first kappa shape index (κ1) is 11.0. The maximum absolute atomic E-state index is 11.5. The zero-order chi connectivity index (χ0) is 10.6. The Morgan fingerprint density at radius 2 is 2.29 bits per heavy atom. The summed E-state index contributed by atoms with van der Waals surface area (Å²) in [6.07, 6.45) is 0. The lowest BCUT2D eigenvalue weighted by Gasteiger charge is -2.08. The first-order chi connectivity index (χ1) is 6.69. The average molecular weight is 258 g/mol. The zero-order valence-corrected chi connectivity index (χ0v) is 9.72. The highest BCUT2D eigenvalue weighted by Crippen LogP contribution is 2.20. The van der Waals surface area contributed by atoms with E-state index in [0.29, 0.717) is 16.8 Å². The van der Waals surface area contributed by atoms with Crippen LogP contribution in [0.2, 0.25) is 0 Å². The molecule has 1 aromatic rings. The number of hydrogen-bond donors (Lipinski definition) is 1. The van der Waals surface area contributed by atoms with Crippen LogP contribution in [-0.2, 0) is 0 Å². The molecule has 1 N–H and O–H groups in total. The van der Waals surface area contributed by atoms with Crippen molar-refractivity contribution in [2.24, 2.45) is 0 Å². The van der Waals surface area contributed by atoms with Gasteiger partial charge in [0.1, 0.15) is 11.3 Å². The molecule has 0 radical (unpaired) electrons. The average Bonchev–Trinajstić information content (AvgIpc) is 2.20. The largest absolute Gasteiger partial charge is 0.482 e. The summed E-state index contributed by atoms with van der Waals surface area (Å²) >= 11 is 3.16. The Labute approximate surface area is 91.6 Å². The molecule has 3 nitrogen and oxygen atoms in total. The number of nitrogens with one attached hydrogen (secondary N) is 1. The van der Waals surface area contributed by atoms with Crippen LogP contribution in [0.25, 0.3) is 0 Å². The van der Waals surface area contributed by atoms with Crippen LogP contribution in [0, 0.1) is 6.92 Å². The SMILES string of the molecule is CNC(=O)c1cc(C)ccc1OCBr. The van der Waals surface area contributed by atoms with E-state index in [1.165, 1.54) is 0 Å². The van der Waals surface area contributed by atoms with Crippen LogP contribution >= 0.6 is 15.9 Å². The van der Waals surface area contributed by atoms with Crippen molar-refractivity contribution >= 4 is 21.8 Å². The summed E-state index contributed by atoms with van der Waals surface area (Å²) in [6, 6.07) is 5.50. The predicted octanol–water partition coefficient (Wildman–Crippen LogP) is 2.09. The highest BCUT2D eigenvalue weighted by Gasteiger charge is 2.10. The van der Waals surface area contributed by atoms with Gasteiger partial charge in [-0.05, 0) is 35.0 Å². The summed E-state index contributed by atoms with van der Waals surface area (Å²) < 4.78 is 5.27. The second kappa shape index (κ2) is 5.00. The molecule has 0 saturated carbocycles. The summed E-state index contributed by atoms with van der Waals surface area (Å²) in [5.74, 6) is 0.455. The fraction of sp³-hybridized carbons (Fsp3) is 0.300. The van der Waals surface area contributed by atoms with Crippen molar-refractivity contribution in [1.82, 2.24) is 5.32 Å². The van der Waals surface area contributed by atoms with Gasteiger partial charge < -0.3 is 10.1 Å². The number of aryl methyl sites for hydroxylation is 1. The Kier molecular flexibility index (Phi) is 3.95. The third kappa shape index (κ3) is 2.48. The fourth-order valence-electron chi connectivity index (χ4n) is 1.14. The van der Waals surface area contributed by atoms with Gasteiger partial charge in [0.15, 0.2) is 0 Å². The Morgan fingerprint density at radius 3 is 2.86 bits per heavy atom. The molecule has 0 spiro atoms. The van der Waals surface area contributed by atoms with E-state index in [1.807, 2.05) is 13.0 Å². The van der Waals surface area contributed by atoms with E-state index >= 15 is 0 Å². The van der Waals surface area contributed by atoms with Crippen LogP contribution < -0.4 is 10.1 Å². The molecule has 0 aliphatic carbocycles. The van der Waals surface area contributed by atoms with Gasteiger partial charge >= 0.3 is 0 Å². The summed E-state index contributed by atoms with van der Waals surface area (Å²) in [7, 11) is 1.60. The quantitative estimate of drug-likeness (QED) is 0.843. The summed E-state index contributed by atoms with van der Waals surface area (Å²) in [4.78, 5) is 11.5. The third-order valence-corrected chi connectivity index (χ3v) is 2.05. The van der Waals surface area contributed by atoms with Crippen LogP contribution in [0.3, 0.4) is 0 Å². The summed E-state index contributed by atoms with van der Waals surface area (Å²) in [5, 5.41) is 2.57. The molecule has 0 bridgehead atoms. The number of ether oxygens (including phenoxy) is 1. The molecule has 0 aliphatic heterocycles. The molecular weight excluding hydrogens is 246 g/mol. The lowest BCUT2D eigenvalue weighted by molar-refractivity contribution is 0.0960. The number of rotatable bonds is 3. The lowest BCUT2D eigenvalue weighted by Crippen LogP contribution is -2.18. The molecule has 0 saturated heterocycles. The molecule has 0 aromatic heterocycles. The highest BCUT2D eigenvalue weighted by molar-refractivity contribution is 9.09. The van der Waals surface area contributed by atoms with Gasteiger partial charge in [0.25, 0.3) is 5.91 Å². The number of carbonyl (C=O) groups excluding carboxylic acids is 1. The number of alkyl halides is 1. The molecule has 14 heavy (non-hydrogen) atoms. The van der Waals surface area contributed by atoms with E-state index < -0.39 is 0 Å². The van der Waals surface area contributed by atoms with Crippen molar-refractivity contribution in [3.8, 4) is 5.75 Å². The minimum atomic E-state index is -0.135. The van der Waals surface area contributed by atoms with Crippen molar-refractivity contribution in [1.29, 1.82) is 0 Å². The molecule has 1 aromatic carbocycles. The van der Waals surface area contributed by atoms with E-state index in [-0.39, 0.29) is 5.91 Å². The highest BCUT2D eigenvalue weighted by atomic mass is 79.9. The van der Waals surface area contributed by atoms with Gasteiger partial charge in [-0.15, -0.1) is 0 Å². The van der Waals surface area contributed by atoms with Gasteiger partial charge in [-0.2, -0.15) is 0 Å². The molecule has 1 rings (SSSR count). The Hall–Kier alpha value is -1.03. The number of amides is 1. The van der Waals surface area contributed by atoms with Crippen LogP contribution in [-0.4, -0.2) is 18.5 Å². The summed E-state index contributed by atoms with van der Waals surface area (Å²) in [6.45, 7) is 1.93. The molecular formula is C10H12BrNO2. The van der Waals surface area contributed by atoms with Gasteiger partial charge in [0, 0.05) is 7.05 Å². The van der Waals surface area contributed by atoms with Gasteiger partial charge in [0.05, 0.1) is 5.56 Å². The number of carbonyl (C=O) groups is 1. The first-order valence-corrected chi connectivity index (χ1v) is 5.32. The molecule has 0 fully saturated rings. The van der Waals surface area contributed by atoms with Crippen LogP contribution in [0.5, 0.6) is 5.75 Å². The fourth-order valence-corrected chi connectivity index (χ4v) is 1.39. The molecule has 1 amide bonds. The lowest BCUT2D eigenvalue weighted by atomic mass is 10.1. The molecule has 4 heteroatoms. The van der Waals surface area contributed by atoms with E-state index in [4.69, 9.17) is 4.74 Å². The Morgan fingerprint density at radius 1 is 1.57 bits per heavy atom. The van der Waals surface area contributed by atoms with E-state index in [2.05, 4.69) is 21.2 Å². The van der Waals surface area contributed by atoms with Gasteiger partial charge in [-0.25, -0.2) is 0 Å². The normalized spacial score (nSPS) is 9.64. The van der Waals surface area contributed by atoms with Crippen molar-refractivity contribution in [2.45, 2.75) is 6.92 Å². The number of halogens is 1. The topological polar surface area (TPSA) is 38.3 Å². The Bertz CT molecular complexity index is 339. The molecule has 0 unspecified atom stereocenters. The van der Waals surface area contributed by atoms with Gasteiger partial charge in [0.2, 0.25) is 0 Å². The van der Waals surface area contributed by atoms with Gasteiger partial charge in [-0.1, -0.05) is 11.6 Å². The zero-order valence-electron chi connectivity index (χ0n) is 8.13. The van der Waals surface area contributed by atoms with E-state index in [1.54, 1.807) is 19.2 Å². The van der Waals surface area contributed by atoms with Crippen molar-refractivity contribution < 1.29 is 9.53 Å². The van der Waals surface area contributed by atoms with Crippen LogP contribution in [0.4, 0.5) is 0 Å². The number of hydrogen-bond acceptors (Lipinski definition) is 2. The second-order valence-electron chi connectivity index (χ2n) is 2.83. The molecule has 0 heterocycles. The maximum atomic E-state index is 11.5. The first-order valence-electron chi connectivity index (χ1n) is 4.20. The minimum Gasteiger partial charge on any atom is -0.482 e. The molecule has 0 atom stereocenters. The van der Waals surface area contributed by atoms with Crippen molar-refractivity contribution in [2.75, 3.05) is 12.6 Å². The number of benzene rings is 1. The van der Waals surface area contributed by atoms with Gasteiger partial charge in [-0.3, -0.25) is 4.79 Å². The van der Waals surface area contributed by atoms with E-state index in [0.717, 1.165) is 5.56 Å². The van der Waals surface area contributed by atoms with Crippen LogP contribution in [0.15, 0.2) is 18.2 Å². The third-order valence-electron chi connectivity index (χ3n) is 1.82. The summed E-state index contributed by atoms with van der Waals surface area (Å²) in [5.41, 5.74) is 1.97. The Balaban J connectivity index is 3.08. The minimum absolute atomic E-state index is 0.135. The van der Waals surface area contributed by atoms with Crippen molar-refractivity contribution in [3.05, 3.63) is 29.3 Å². The molecule has 76 valence electrons. The second-order valence-corrected chi connectivity index (χ2v) is 3.29. The van der Waals surface area contributed by atoms with Crippen LogP contribution in [0.1, 0.15) is 15.9 Å².